The maximum absolute atomic E-state index is 12.4. The molecule has 0 aliphatic heterocycles. The summed E-state index contributed by atoms with van der Waals surface area (Å²) in [4.78, 5) is 38.4. The van der Waals surface area contributed by atoms with Gasteiger partial charge in [-0.3, -0.25) is 9.59 Å². The van der Waals surface area contributed by atoms with Crippen LogP contribution in [0, 0.1) is 26.7 Å². The number of hydrogen-bond acceptors (Lipinski definition) is 3. The van der Waals surface area contributed by atoms with Crippen molar-refractivity contribution in [1.82, 2.24) is 10.2 Å². The van der Waals surface area contributed by atoms with Gasteiger partial charge in [0.15, 0.2) is 0 Å². The molecule has 0 radical (unpaired) electrons. The molecular weight excluding hydrogens is 404 g/mol. The lowest BCUT2D eigenvalue weighted by Gasteiger charge is -2.24. The minimum absolute atomic E-state index is 0.0576. The van der Waals surface area contributed by atoms with Gasteiger partial charge in [-0.05, 0) is 62.4 Å². The van der Waals surface area contributed by atoms with Gasteiger partial charge in [-0.15, -0.1) is 0 Å². The molecule has 0 saturated heterocycles. The molecule has 3 rings (SSSR count). The SMILES string of the molecule is Cc1cc(C)c(NC(=O)CN(C)C(=O)NCc2cccc(NC(=O)C3CCC3)c2)c(C)c1. The zero-order valence-electron chi connectivity index (χ0n) is 19.2. The monoisotopic (exact) mass is 436 g/mol. The molecule has 1 aliphatic rings. The number of hydrogen-bond donors (Lipinski definition) is 3. The third-order valence-electron chi connectivity index (χ3n) is 5.78. The Morgan fingerprint density at radius 2 is 1.69 bits per heavy atom. The fourth-order valence-corrected chi connectivity index (χ4v) is 3.83. The topological polar surface area (TPSA) is 90.5 Å². The summed E-state index contributed by atoms with van der Waals surface area (Å²) in [7, 11) is 1.58. The second-order valence-electron chi connectivity index (χ2n) is 8.65. The highest BCUT2D eigenvalue weighted by Crippen LogP contribution is 2.27. The lowest BCUT2D eigenvalue weighted by molar-refractivity contribution is -0.122. The van der Waals surface area contributed by atoms with Crippen molar-refractivity contribution in [3.8, 4) is 0 Å². The summed E-state index contributed by atoms with van der Waals surface area (Å²) in [5, 5.41) is 8.67. The Morgan fingerprint density at radius 3 is 2.31 bits per heavy atom. The molecule has 4 amide bonds. The minimum atomic E-state index is -0.346. The van der Waals surface area contributed by atoms with Gasteiger partial charge in [0.2, 0.25) is 11.8 Å². The van der Waals surface area contributed by atoms with Gasteiger partial charge in [-0.1, -0.05) is 36.2 Å². The second-order valence-corrected chi connectivity index (χ2v) is 8.65. The van der Waals surface area contributed by atoms with Crippen LogP contribution in [0.1, 0.15) is 41.5 Å². The average molecular weight is 437 g/mol. The summed E-state index contributed by atoms with van der Waals surface area (Å²) >= 11 is 0. The first kappa shape index (κ1) is 23.3. The van der Waals surface area contributed by atoms with Gasteiger partial charge in [-0.2, -0.15) is 0 Å². The van der Waals surface area contributed by atoms with Gasteiger partial charge >= 0.3 is 6.03 Å². The van der Waals surface area contributed by atoms with E-state index in [1.165, 1.54) is 4.90 Å². The van der Waals surface area contributed by atoms with Gasteiger partial charge < -0.3 is 20.9 Å². The zero-order chi connectivity index (χ0) is 23.3. The van der Waals surface area contributed by atoms with Crippen LogP contribution in [-0.4, -0.2) is 36.3 Å². The molecule has 7 nitrogen and oxygen atoms in total. The number of likely N-dealkylation sites (N-methyl/N-ethyl adjacent to an activating group) is 1. The van der Waals surface area contributed by atoms with Crippen molar-refractivity contribution in [3.05, 3.63) is 58.7 Å². The first-order valence-electron chi connectivity index (χ1n) is 11.0. The molecule has 3 N–H and O–H groups in total. The fourth-order valence-electron chi connectivity index (χ4n) is 3.83. The number of carbonyl (C=O) groups excluding carboxylic acids is 3. The smallest absolute Gasteiger partial charge is 0.317 e. The third-order valence-corrected chi connectivity index (χ3v) is 5.78. The molecular formula is C25H32N4O3. The van der Waals surface area contributed by atoms with E-state index in [4.69, 9.17) is 0 Å². The highest BCUT2D eigenvalue weighted by Gasteiger charge is 2.25. The quantitative estimate of drug-likeness (QED) is 0.610. The molecule has 2 aromatic rings. The first-order chi connectivity index (χ1) is 15.2. The van der Waals surface area contributed by atoms with E-state index in [1.54, 1.807) is 7.05 Å². The number of anilines is 2. The summed E-state index contributed by atoms with van der Waals surface area (Å²) < 4.78 is 0. The van der Waals surface area contributed by atoms with E-state index in [1.807, 2.05) is 57.2 Å². The van der Waals surface area contributed by atoms with Crippen LogP contribution in [0.2, 0.25) is 0 Å². The molecule has 0 bridgehead atoms. The van der Waals surface area contributed by atoms with Crippen molar-refractivity contribution in [3.63, 3.8) is 0 Å². The molecule has 7 heteroatoms. The minimum Gasteiger partial charge on any atom is -0.334 e. The van der Waals surface area contributed by atoms with E-state index in [9.17, 15) is 14.4 Å². The number of carbonyl (C=O) groups is 3. The summed E-state index contributed by atoms with van der Waals surface area (Å²) in [6.45, 7) is 6.16. The van der Waals surface area contributed by atoms with Crippen LogP contribution < -0.4 is 16.0 Å². The highest BCUT2D eigenvalue weighted by molar-refractivity contribution is 5.95. The molecule has 1 fully saturated rings. The van der Waals surface area contributed by atoms with Crippen LogP contribution in [0.15, 0.2) is 36.4 Å². The summed E-state index contributed by atoms with van der Waals surface area (Å²) in [5.74, 6) is -0.0775. The standard InChI is InChI=1S/C25H32N4O3/c1-16-11-17(2)23(18(3)12-16)28-22(30)15-29(4)25(32)26-14-19-7-5-10-21(13-19)27-24(31)20-8-6-9-20/h5,7,10-13,20H,6,8-9,14-15H2,1-4H3,(H,26,32)(H,27,31)(H,28,30). The molecule has 170 valence electrons. The average Bonchev–Trinajstić information content (AvgIpc) is 2.67. The van der Waals surface area contributed by atoms with Gasteiger partial charge in [-0.25, -0.2) is 4.79 Å². The van der Waals surface area contributed by atoms with Crippen molar-refractivity contribution in [2.24, 2.45) is 5.92 Å². The Morgan fingerprint density at radius 1 is 1.00 bits per heavy atom. The molecule has 0 aromatic heterocycles. The van der Waals surface area contributed by atoms with Crippen LogP contribution in [-0.2, 0) is 16.1 Å². The van der Waals surface area contributed by atoms with Gasteiger partial charge in [0.1, 0.15) is 6.54 Å². The Kier molecular flexibility index (Phi) is 7.51. The molecule has 0 unspecified atom stereocenters. The maximum Gasteiger partial charge on any atom is 0.317 e. The van der Waals surface area contributed by atoms with Gasteiger partial charge in [0, 0.05) is 30.9 Å². The molecule has 0 heterocycles. The molecule has 0 spiro atoms. The van der Waals surface area contributed by atoms with Crippen LogP contribution in [0.4, 0.5) is 16.2 Å². The van der Waals surface area contributed by atoms with E-state index >= 15 is 0 Å². The lowest BCUT2D eigenvalue weighted by Crippen LogP contribution is -2.41. The van der Waals surface area contributed by atoms with Crippen molar-refractivity contribution in [2.45, 2.75) is 46.6 Å². The maximum atomic E-state index is 12.4. The number of benzene rings is 2. The third kappa shape index (κ3) is 6.09. The first-order valence-corrected chi connectivity index (χ1v) is 11.0. The van der Waals surface area contributed by atoms with Crippen LogP contribution >= 0.6 is 0 Å². The van der Waals surface area contributed by atoms with Crippen LogP contribution in [0.25, 0.3) is 0 Å². The number of nitrogens with zero attached hydrogens (tertiary/aromatic N) is 1. The normalized spacial score (nSPS) is 13.1. The second kappa shape index (κ2) is 10.3. The van der Waals surface area contributed by atoms with Gasteiger partial charge in [0.05, 0.1) is 0 Å². The Hall–Kier alpha value is -3.35. The Balaban J connectivity index is 1.49. The fraction of sp³-hybridized carbons (Fsp3) is 0.400. The van der Waals surface area contributed by atoms with E-state index < -0.39 is 0 Å². The highest BCUT2D eigenvalue weighted by atomic mass is 16.2. The van der Waals surface area contributed by atoms with Crippen molar-refractivity contribution >= 4 is 29.2 Å². The van der Waals surface area contributed by atoms with Crippen LogP contribution in [0.5, 0.6) is 0 Å². The molecule has 1 aliphatic carbocycles. The summed E-state index contributed by atoms with van der Waals surface area (Å²) in [5.41, 5.74) is 5.51. The molecule has 32 heavy (non-hydrogen) atoms. The zero-order valence-corrected chi connectivity index (χ0v) is 19.2. The number of amides is 4. The number of urea groups is 1. The largest absolute Gasteiger partial charge is 0.334 e. The van der Waals surface area contributed by atoms with Gasteiger partial charge in [0.25, 0.3) is 0 Å². The summed E-state index contributed by atoms with van der Waals surface area (Å²) in [6, 6.07) is 11.1. The molecule has 1 saturated carbocycles. The van der Waals surface area contributed by atoms with E-state index in [0.29, 0.717) is 6.54 Å². The van der Waals surface area contributed by atoms with Crippen molar-refractivity contribution in [2.75, 3.05) is 24.2 Å². The van der Waals surface area contributed by atoms with Crippen LogP contribution in [0.3, 0.4) is 0 Å². The molecule has 2 aromatic carbocycles. The van der Waals surface area contributed by atoms with E-state index in [0.717, 1.165) is 52.9 Å². The van der Waals surface area contributed by atoms with Crippen molar-refractivity contribution < 1.29 is 14.4 Å². The molecule has 0 atom stereocenters. The summed E-state index contributed by atoms with van der Waals surface area (Å²) in [6.07, 6.45) is 3.01. The Bertz CT molecular complexity index is 991. The Labute approximate surface area is 189 Å². The number of aryl methyl sites for hydroxylation is 3. The number of nitrogens with one attached hydrogen (secondary N) is 3. The predicted octanol–water partition coefficient (Wildman–Crippen LogP) is 4.13. The van der Waals surface area contributed by atoms with Crippen molar-refractivity contribution in [1.29, 1.82) is 0 Å². The predicted molar refractivity (Wildman–Crippen MR) is 127 cm³/mol. The lowest BCUT2D eigenvalue weighted by atomic mass is 9.85. The number of rotatable bonds is 7. The van der Waals surface area contributed by atoms with E-state index in [2.05, 4.69) is 16.0 Å². The van der Waals surface area contributed by atoms with E-state index in [-0.39, 0.29) is 30.3 Å².